The minimum absolute atomic E-state index is 0.239. The van der Waals surface area contributed by atoms with Crippen molar-refractivity contribution in [3.63, 3.8) is 0 Å². The number of thioether (sulfide) groups is 1. The molecule has 22 heavy (non-hydrogen) atoms. The van der Waals surface area contributed by atoms with Gasteiger partial charge < -0.3 is 14.7 Å². The van der Waals surface area contributed by atoms with Gasteiger partial charge in [-0.05, 0) is 23.1 Å². The molecule has 2 aromatic carbocycles. The summed E-state index contributed by atoms with van der Waals surface area (Å²) in [6.45, 7) is 0.721. The molecule has 0 atom stereocenters. The molecule has 0 saturated carbocycles. The van der Waals surface area contributed by atoms with E-state index in [1.54, 1.807) is 7.11 Å². The third kappa shape index (κ3) is 2.97. The smallest absolute Gasteiger partial charge is 0.157 e. The summed E-state index contributed by atoms with van der Waals surface area (Å²) in [6.07, 6.45) is 1.98. The number of para-hydroxylation sites is 1. The first-order chi connectivity index (χ1) is 10.8. The molecule has 0 radical (unpaired) electrons. The van der Waals surface area contributed by atoms with Gasteiger partial charge in [0.1, 0.15) is 10.8 Å². The molecule has 0 bridgehead atoms. The molecule has 0 aliphatic carbocycles. The number of hydrogen-bond donors (Lipinski definition) is 1. The standard InChI is InChI=1S/C18H17NO2S/c1-21-16-10-6-5-9-15(16)17(20)18-19(11-12-22-18)13-14-7-3-2-4-8-14/h2-12,20H,13H2,1H3/b18-17+. The zero-order chi connectivity index (χ0) is 15.4. The molecule has 3 nitrogen and oxygen atoms in total. The van der Waals surface area contributed by atoms with Gasteiger partial charge in [0.25, 0.3) is 0 Å². The summed E-state index contributed by atoms with van der Waals surface area (Å²) >= 11 is 1.51. The summed E-state index contributed by atoms with van der Waals surface area (Å²) in [5.41, 5.74) is 1.90. The average Bonchev–Trinajstić information content (AvgIpc) is 3.03. The number of rotatable bonds is 4. The molecular formula is C18H17NO2S. The molecule has 1 aliphatic heterocycles. The fourth-order valence-corrected chi connectivity index (χ4v) is 3.17. The van der Waals surface area contributed by atoms with E-state index in [2.05, 4.69) is 12.1 Å². The fourth-order valence-electron chi connectivity index (χ4n) is 2.36. The topological polar surface area (TPSA) is 32.7 Å². The normalized spacial score (nSPS) is 16.0. The van der Waals surface area contributed by atoms with Crippen molar-refractivity contribution in [2.75, 3.05) is 7.11 Å². The Morgan fingerprint density at radius 1 is 1.09 bits per heavy atom. The molecule has 0 saturated heterocycles. The van der Waals surface area contributed by atoms with Crippen molar-refractivity contribution in [3.8, 4) is 5.75 Å². The Morgan fingerprint density at radius 2 is 1.82 bits per heavy atom. The molecule has 0 spiro atoms. The molecule has 0 aromatic heterocycles. The van der Waals surface area contributed by atoms with E-state index in [1.165, 1.54) is 17.3 Å². The molecule has 4 heteroatoms. The van der Waals surface area contributed by atoms with Gasteiger partial charge in [-0.2, -0.15) is 0 Å². The molecule has 0 amide bonds. The quantitative estimate of drug-likeness (QED) is 0.837. The third-order valence-electron chi connectivity index (χ3n) is 3.44. The Labute approximate surface area is 134 Å². The van der Waals surface area contributed by atoms with Gasteiger partial charge in [0, 0.05) is 12.7 Å². The molecule has 0 fully saturated rings. The number of benzene rings is 2. The lowest BCUT2D eigenvalue weighted by atomic mass is 10.1. The second-order valence-electron chi connectivity index (χ2n) is 4.87. The third-order valence-corrected chi connectivity index (χ3v) is 4.35. The molecule has 1 N–H and O–H groups in total. The maximum absolute atomic E-state index is 10.7. The van der Waals surface area contributed by atoms with Gasteiger partial charge in [-0.15, -0.1) is 0 Å². The van der Waals surface area contributed by atoms with Gasteiger partial charge in [-0.1, -0.05) is 54.2 Å². The Bertz CT molecular complexity index is 710. The minimum atomic E-state index is 0.239. The van der Waals surface area contributed by atoms with Crippen LogP contribution in [0, 0.1) is 0 Å². The number of aliphatic hydroxyl groups excluding tert-OH is 1. The predicted octanol–water partition coefficient (Wildman–Crippen LogP) is 4.60. The summed E-state index contributed by atoms with van der Waals surface area (Å²) in [6, 6.07) is 17.7. The van der Waals surface area contributed by atoms with E-state index in [0.29, 0.717) is 11.3 Å². The summed E-state index contributed by atoms with van der Waals surface area (Å²) in [5, 5.41) is 13.5. The van der Waals surface area contributed by atoms with E-state index in [9.17, 15) is 5.11 Å². The van der Waals surface area contributed by atoms with Crippen LogP contribution in [-0.4, -0.2) is 17.1 Å². The van der Waals surface area contributed by atoms with Crippen molar-refractivity contribution in [2.45, 2.75) is 6.54 Å². The van der Waals surface area contributed by atoms with Crippen molar-refractivity contribution in [1.82, 2.24) is 4.90 Å². The molecular weight excluding hydrogens is 294 g/mol. The van der Waals surface area contributed by atoms with E-state index < -0.39 is 0 Å². The van der Waals surface area contributed by atoms with Crippen LogP contribution >= 0.6 is 11.8 Å². The monoisotopic (exact) mass is 311 g/mol. The van der Waals surface area contributed by atoms with E-state index >= 15 is 0 Å². The van der Waals surface area contributed by atoms with E-state index in [1.807, 2.05) is 59.0 Å². The van der Waals surface area contributed by atoms with Crippen molar-refractivity contribution in [3.05, 3.63) is 82.4 Å². The highest BCUT2D eigenvalue weighted by atomic mass is 32.2. The Kier molecular flexibility index (Phi) is 4.39. The second-order valence-corrected chi connectivity index (χ2v) is 5.77. The maximum atomic E-state index is 10.7. The lowest BCUT2D eigenvalue weighted by Crippen LogP contribution is -2.13. The number of hydrogen-bond acceptors (Lipinski definition) is 4. The van der Waals surface area contributed by atoms with Crippen LogP contribution in [0.1, 0.15) is 11.1 Å². The molecule has 3 rings (SSSR count). The van der Waals surface area contributed by atoms with Gasteiger partial charge in [-0.3, -0.25) is 0 Å². The summed E-state index contributed by atoms with van der Waals surface area (Å²) in [4.78, 5) is 2.04. The largest absolute Gasteiger partial charge is 0.504 e. The molecule has 112 valence electrons. The van der Waals surface area contributed by atoms with Crippen LogP contribution in [0.3, 0.4) is 0 Å². The number of ether oxygens (including phenoxy) is 1. The van der Waals surface area contributed by atoms with Gasteiger partial charge >= 0.3 is 0 Å². The summed E-state index contributed by atoms with van der Waals surface area (Å²) in [7, 11) is 1.61. The van der Waals surface area contributed by atoms with Crippen molar-refractivity contribution in [1.29, 1.82) is 0 Å². The first-order valence-corrected chi connectivity index (χ1v) is 7.88. The van der Waals surface area contributed by atoms with Gasteiger partial charge in [0.15, 0.2) is 5.76 Å². The zero-order valence-electron chi connectivity index (χ0n) is 12.3. The van der Waals surface area contributed by atoms with Crippen LogP contribution in [0.2, 0.25) is 0 Å². The average molecular weight is 311 g/mol. The van der Waals surface area contributed by atoms with Crippen molar-refractivity contribution < 1.29 is 9.84 Å². The summed E-state index contributed by atoms with van der Waals surface area (Å²) in [5.74, 6) is 0.906. The Balaban J connectivity index is 1.92. The minimum Gasteiger partial charge on any atom is -0.504 e. The van der Waals surface area contributed by atoms with E-state index in [0.717, 1.165) is 11.6 Å². The SMILES string of the molecule is COc1ccccc1/C(O)=C1\SC=CN1Cc1ccccc1. The Morgan fingerprint density at radius 3 is 2.59 bits per heavy atom. The van der Waals surface area contributed by atoms with Crippen LogP contribution in [0.25, 0.3) is 5.76 Å². The van der Waals surface area contributed by atoms with E-state index in [4.69, 9.17) is 4.74 Å². The molecule has 2 aromatic rings. The number of aliphatic hydroxyl groups is 1. The van der Waals surface area contributed by atoms with Crippen molar-refractivity contribution in [2.24, 2.45) is 0 Å². The van der Waals surface area contributed by atoms with Gasteiger partial charge in [0.2, 0.25) is 0 Å². The highest BCUT2D eigenvalue weighted by Crippen LogP contribution is 2.37. The number of methoxy groups -OCH3 is 1. The number of nitrogens with zero attached hydrogens (tertiary/aromatic N) is 1. The van der Waals surface area contributed by atoms with Crippen LogP contribution in [-0.2, 0) is 6.54 Å². The van der Waals surface area contributed by atoms with E-state index in [-0.39, 0.29) is 5.76 Å². The Hall–Kier alpha value is -2.33. The molecule has 0 unspecified atom stereocenters. The zero-order valence-corrected chi connectivity index (χ0v) is 13.1. The van der Waals surface area contributed by atoms with Crippen LogP contribution in [0.5, 0.6) is 5.75 Å². The summed E-state index contributed by atoms with van der Waals surface area (Å²) < 4.78 is 5.34. The highest BCUT2D eigenvalue weighted by molar-refractivity contribution is 8.06. The van der Waals surface area contributed by atoms with Crippen molar-refractivity contribution >= 4 is 17.5 Å². The first-order valence-electron chi connectivity index (χ1n) is 7.00. The lowest BCUT2D eigenvalue weighted by Gasteiger charge is -2.19. The van der Waals surface area contributed by atoms with Crippen LogP contribution < -0.4 is 4.74 Å². The first kappa shape index (κ1) is 14.6. The highest BCUT2D eigenvalue weighted by Gasteiger charge is 2.20. The van der Waals surface area contributed by atoms with Gasteiger partial charge in [-0.25, -0.2) is 0 Å². The maximum Gasteiger partial charge on any atom is 0.157 e. The van der Waals surface area contributed by atoms with Gasteiger partial charge in [0.05, 0.1) is 12.7 Å². The molecule has 1 aliphatic rings. The fraction of sp³-hybridized carbons (Fsp3) is 0.111. The van der Waals surface area contributed by atoms with Crippen LogP contribution in [0.4, 0.5) is 0 Å². The van der Waals surface area contributed by atoms with Crippen LogP contribution in [0.15, 0.2) is 71.2 Å². The molecule has 1 heterocycles. The lowest BCUT2D eigenvalue weighted by molar-refractivity contribution is 0.405. The predicted molar refractivity (Wildman–Crippen MR) is 91.3 cm³/mol. The second kappa shape index (κ2) is 6.62.